The van der Waals surface area contributed by atoms with Crippen LogP contribution in [0.4, 0.5) is 0 Å². The molecule has 0 aliphatic carbocycles. The monoisotopic (exact) mass is 198 g/mol. The van der Waals surface area contributed by atoms with Gasteiger partial charge in [0.25, 0.3) is 0 Å². The zero-order valence-corrected chi connectivity index (χ0v) is 7.96. The molecule has 2 rings (SSSR count). The fourth-order valence-electron chi connectivity index (χ4n) is 1.11. The van der Waals surface area contributed by atoms with E-state index in [9.17, 15) is 4.79 Å². The summed E-state index contributed by atoms with van der Waals surface area (Å²) in [6.45, 7) is 1.99. The first-order valence-electron chi connectivity index (χ1n) is 3.39. The summed E-state index contributed by atoms with van der Waals surface area (Å²) in [5, 5.41) is 11.4. The minimum atomic E-state index is -0.834. The molecule has 1 N–H and O–H groups in total. The number of aryl methyl sites for hydroxylation is 1. The van der Waals surface area contributed by atoms with Crippen LogP contribution in [0.1, 0.15) is 15.2 Å². The van der Waals surface area contributed by atoms with Gasteiger partial charge in [-0.15, -0.1) is 22.7 Å². The minimum Gasteiger partial charge on any atom is -0.478 e. The van der Waals surface area contributed by atoms with E-state index in [2.05, 4.69) is 0 Å². The fourth-order valence-corrected chi connectivity index (χ4v) is 3.34. The second-order valence-corrected chi connectivity index (χ2v) is 4.91. The molecule has 2 nitrogen and oxygen atoms in total. The van der Waals surface area contributed by atoms with Gasteiger partial charge in [0, 0.05) is 15.6 Å². The lowest BCUT2D eigenvalue weighted by atomic mass is 10.2. The second-order valence-electron chi connectivity index (χ2n) is 2.51. The van der Waals surface area contributed by atoms with Gasteiger partial charge in [-0.25, -0.2) is 4.79 Å². The molecule has 0 unspecified atom stereocenters. The maximum atomic E-state index is 10.7. The third-order valence-corrected chi connectivity index (χ3v) is 3.80. The van der Waals surface area contributed by atoms with E-state index in [1.807, 2.05) is 13.0 Å². The fraction of sp³-hybridized carbons (Fsp3) is 0.125. The van der Waals surface area contributed by atoms with E-state index in [1.54, 1.807) is 16.7 Å². The van der Waals surface area contributed by atoms with Gasteiger partial charge in [0.15, 0.2) is 0 Å². The van der Waals surface area contributed by atoms with Crippen LogP contribution in [0.15, 0.2) is 11.4 Å². The van der Waals surface area contributed by atoms with Crippen LogP contribution in [-0.4, -0.2) is 11.1 Å². The van der Waals surface area contributed by atoms with Gasteiger partial charge in [-0.05, 0) is 13.0 Å². The van der Waals surface area contributed by atoms with E-state index < -0.39 is 5.97 Å². The van der Waals surface area contributed by atoms with Crippen molar-refractivity contribution in [2.45, 2.75) is 6.92 Å². The minimum absolute atomic E-state index is 0.430. The van der Waals surface area contributed by atoms with Gasteiger partial charge in [0.1, 0.15) is 0 Å². The standard InChI is InChI=1S/C8H6O2S2/c1-4-2-5-6(7(9)10)3-11-8(5)12-4/h2-3H,1H3,(H,9,10). The number of carboxylic acids is 1. The van der Waals surface area contributed by atoms with Gasteiger partial charge in [-0.3, -0.25) is 0 Å². The normalized spacial score (nSPS) is 10.8. The van der Waals surface area contributed by atoms with Crippen LogP contribution >= 0.6 is 22.7 Å². The number of carbonyl (C=O) groups is 1. The summed E-state index contributed by atoms with van der Waals surface area (Å²) < 4.78 is 1.10. The van der Waals surface area contributed by atoms with Crippen molar-refractivity contribution < 1.29 is 9.90 Å². The number of hydrogen-bond acceptors (Lipinski definition) is 3. The molecule has 0 saturated heterocycles. The predicted octanol–water partition coefficient (Wildman–Crippen LogP) is 2.97. The quantitative estimate of drug-likeness (QED) is 0.764. The van der Waals surface area contributed by atoms with Crippen molar-refractivity contribution in [1.29, 1.82) is 0 Å². The number of thiophene rings is 2. The molecule has 62 valence electrons. The Balaban J connectivity index is 2.76. The van der Waals surface area contributed by atoms with Crippen molar-refractivity contribution in [3.8, 4) is 0 Å². The van der Waals surface area contributed by atoms with E-state index in [1.165, 1.54) is 16.2 Å². The lowest BCUT2D eigenvalue weighted by Crippen LogP contribution is -1.92. The van der Waals surface area contributed by atoms with Crippen LogP contribution in [-0.2, 0) is 0 Å². The molecule has 0 aliphatic rings. The van der Waals surface area contributed by atoms with E-state index in [0.29, 0.717) is 5.56 Å². The SMILES string of the molecule is Cc1cc2c(C(=O)O)csc2s1. The highest BCUT2D eigenvalue weighted by atomic mass is 32.2. The molecule has 0 aliphatic heterocycles. The summed E-state index contributed by atoms with van der Waals surface area (Å²) in [7, 11) is 0. The van der Waals surface area contributed by atoms with Crippen LogP contribution in [0.5, 0.6) is 0 Å². The highest BCUT2D eigenvalue weighted by Gasteiger charge is 2.11. The average Bonchev–Trinajstić information content (AvgIpc) is 2.43. The van der Waals surface area contributed by atoms with Crippen LogP contribution in [0, 0.1) is 6.92 Å². The second kappa shape index (κ2) is 2.57. The first-order chi connectivity index (χ1) is 5.68. The van der Waals surface area contributed by atoms with Crippen LogP contribution < -0.4 is 0 Å². The van der Waals surface area contributed by atoms with E-state index in [4.69, 9.17) is 5.11 Å². The van der Waals surface area contributed by atoms with Crippen molar-refractivity contribution in [3.05, 3.63) is 21.9 Å². The zero-order chi connectivity index (χ0) is 8.72. The summed E-state index contributed by atoms with van der Waals surface area (Å²) in [4.78, 5) is 11.9. The smallest absolute Gasteiger partial charge is 0.337 e. The Morgan fingerprint density at radius 2 is 2.33 bits per heavy atom. The number of rotatable bonds is 1. The molecular weight excluding hydrogens is 192 g/mol. The molecule has 0 fully saturated rings. The molecule has 0 radical (unpaired) electrons. The van der Waals surface area contributed by atoms with Gasteiger partial charge in [0.2, 0.25) is 0 Å². The molecule has 4 heteroatoms. The zero-order valence-electron chi connectivity index (χ0n) is 6.33. The number of hydrogen-bond donors (Lipinski definition) is 1. The molecule has 0 saturated carbocycles. The molecule has 12 heavy (non-hydrogen) atoms. The van der Waals surface area contributed by atoms with Gasteiger partial charge >= 0.3 is 5.97 Å². The molecule has 0 aromatic carbocycles. The Morgan fingerprint density at radius 3 is 3.00 bits per heavy atom. The Kier molecular flexibility index (Phi) is 1.66. The third-order valence-electron chi connectivity index (χ3n) is 1.63. The molecule has 0 atom stereocenters. The van der Waals surface area contributed by atoms with Gasteiger partial charge < -0.3 is 5.11 Å². The van der Waals surface area contributed by atoms with Crippen molar-refractivity contribution in [3.63, 3.8) is 0 Å². The first-order valence-corrected chi connectivity index (χ1v) is 5.09. The highest BCUT2D eigenvalue weighted by Crippen LogP contribution is 2.33. The maximum Gasteiger partial charge on any atom is 0.337 e. The van der Waals surface area contributed by atoms with E-state index in [-0.39, 0.29) is 0 Å². The lowest BCUT2D eigenvalue weighted by Gasteiger charge is -1.84. The van der Waals surface area contributed by atoms with Crippen LogP contribution in [0.25, 0.3) is 9.40 Å². The van der Waals surface area contributed by atoms with Crippen LogP contribution in [0.2, 0.25) is 0 Å². The average molecular weight is 198 g/mol. The lowest BCUT2D eigenvalue weighted by molar-refractivity contribution is 0.0699. The van der Waals surface area contributed by atoms with Gasteiger partial charge in [-0.2, -0.15) is 0 Å². The van der Waals surface area contributed by atoms with Crippen molar-refractivity contribution in [2.75, 3.05) is 0 Å². The topological polar surface area (TPSA) is 37.3 Å². The number of aromatic carboxylic acids is 1. The molecule has 2 heterocycles. The van der Waals surface area contributed by atoms with Crippen molar-refractivity contribution in [1.82, 2.24) is 0 Å². The number of fused-ring (bicyclic) bond motifs is 1. The molecule has 0 amide bonds. The number of carboxylic acid groups (broad SMARTS) is 1. The summed E-state index contributed by atoms with van der Waals surface area (Å²) in [5.41, 5.74) is 0.430. The summed E-state index contributed by atoms with van der Waals surface area (Å²) >= 11 is 3.15. The van der Waals surface area contributed by atoms with Crippen molar-refractivity contribution >= 4 is 38.0 Å². The molecule has 2 aromatic rings. The Morgan fingerprint density at radius 1 is 1.58 bits per heavy atom. The first kappa shape index (κ1) is 7.76. The maximum absolute atomic E-state index is 10.7. The van der Waals surface area contributed by atoms with Crippen molar-refractivity contribution in [2.24, 2.45) is 0 Å². The summed E-state index contributed by atoms with van der Waals surface area (Å²) in [5.74, 6) is -0.834. The largest absolute Gasteiger partial charge is 0.478 e. The Hall–Kier alpha value is -0.870. The summed E-state index contributed by atoms with van der Waals surface area (Å²) in [6, 6.07) is 1.93. The molecule has 0 bridgehead atoms. The van der Waals surface area contributed by atoms with Gasteiger partial charge in [0.05, 0.1) is 9.58 Å². The molecule has 0 spiro atoms. The summed E-state index contributed by atoms with van der Waals surface area (Å²) in [6.07, 6.45) is 0. The third kappa shape index (κ3) is 1.04. The van der Waals surface area contributed by atoms with E-state index in [0.717, 1.165) is 9.40 Å². The Bertz CT molecular complexity index is 439. The van der Waals surface area contributed by atoms with Crippen LogP contribution in [0.3, 0.4) is 0 Å². The van der Waals surface area contributed by atoms with Gasteiger partial charge in [-0.1, -0.05) is 0 Å². The highest BCUT2D eigenvalue weighted by molar-refractivity contribution is 7.37. The van der Waals surface area contributed by atoms with E-state index >= 15 is 0 Å². The molecule has 2 aromatic heterocycles. The molecular formula is C8H6O2S2. The predicted molar refractivity (Wildman–Crippen MR) is 51.4 cm³/mol. The Labute approximate surface area is 77.1 Å².